The highest BCUT2D eigenvalue weighted by Crippen LogP contribution is 2.27. The van der Waals surface area contributed by atoms with Gasteiger partial charge in [-0.1, -0.05) is 54.1 Å². The summed E-state index contributed by atoms with van der Waals surface area (Å²) in [4.78, 5) is 16.0. The van der Waals surface area contributed by atoms with E-state index in [1.807, 2.05) is 0 Å². The first-order valence-electron chi connectivity index (χ1n) is 7.80. The van der Waals surface area contributed by atoms with Crippen molar-refractivity contribution in [2.24, 2.45) is 0 Å². The van der Waals surface area contributed by atoms with E-state index < -0.39 is 10.0 Å². The Morgan fingerprint density at radius 2 is 1.70 bits per heavy atom. The average Bonchev–Trinajstić information content (AvgIpc) is 2.69. The minimum absolute atomic E-state index is 0.0657. The summed E-state index contributed by atoms with van der Waals surface area (Å²) in [6.07, 6.45) is 0. The third kappa shape index (κ3) is 4.17. The molecule has 0 saturated carbocycles. The summed E-state index contributed by atoms with van der Waals surface area (Å²) in [5.74, 6) is -0.356. The Morgan fingerprint density at radius 3 is 2.41 bits per heavy atom. The van der Waals surface area contributed by atoms with Crippen LogP contribution in [0.25, 0.3) is 4.85 Å². The van der Waals surface area contributed by atoms with Crippen molar-refractivity contribution < 1.29 is 13.2 Å². The largest absolute Gasteiger partial charge is 0.289 e. The first-order valence-corrected chi connectivity index (χ1v) is 9.66. The van der Waals surface area contributed by atoms with Crippen molar-refractivity contribution in [3.8, 4) is 0 Å². The molecule has 0 bridgehead atoms. The molecular formula is C20H13ClN2O3S. The lowest BCUT2D eigenvalue weighted by Crippen LogP contribution is -2.16. The van der Waals surface area contributed by atoms with Gasteiger partial charge in [-0.3, -0.25) is 9.52 Å². The maximum Gasteiger partial charge on any atom is 0.260 e. The van der Waals surface area contributed by atoms with Gasteiger partial charge in [0.2, 0.25) is 0 Å². The summed E-state index contributed by atoms with van der Waals surface area (Å²) in [6, 6.07) is 18.5. The molecule has 0 aromatic heterocycles. The Balaban J connectivity index is 2.02. The molecular weight excluding hydrogens is 384 g/mol. The van der Waals surface area contributed by atoms with Gasteiger partial charge in [-0.25, -0.2) is 13.3 Å². The Hall–Kier alpha value is -3.14. The molecule has 0 spiro atoms. The molecule has 27 heavy (non-hydrogen) atoms. The molecule has 0 saturated heterocycles. The zero-order chi connectivity index (χ0) is 19.4. The van der Waals surface area contributed by atoms with Crippen molar-refractivity contribution in [3.63, 3.8) is 0 Å². The third-order valence-corrected chi connectivity index (χ3v) is 5.36. The van der Waals surface area contributed by atoms with Crippen LogP contribution in [0.5, 0.6) is 0 Å². The van der Waals surface area contributed by atoms with Crippen LogP contribution in [0.4, 0.5) is 11.4 Å². The average molecular weight is 397 g/mol. The molecule has 0 aliphatic rings. The summed E-state index contributed by atoms with van der Waals surface area (Å²) < 4.78 is 27.8. The topological polar surface area (TPSA) is 67.6 Å². The van der Waals surface area contributed by atoms with Crippen molar-refractivity contribution in [2.45, 2.75) is 4.90 Å². The highest BCUT2D eigenvalue weighted by molar-refractivity contribution is 7.92. The number of ketones is 1. The normalized spacial score (nSPS) is 10.8. The number of nitrogens with zero attached hydrogens (tertiary/aromatic N) is 1. The van der Waals surface area contributed by atoms with E-state index >= 15 is 0 Å². The van der Waals surface area contributed by atoms with E-state index in [-0.39, 0.29) is 27.6 Å². The smallest absolute Gasteiger partial charge is 0.260 e. The van der Waals surface area contributed by atoms with Gasteiger partial charge in [-0.15, -0.1) is 0 Å². The molecule has 7 heteroatoms. The minimum atomic E-state index is -3.99. The quantitative estimate of drug-likeness (QED) is 0.491. The number of carbonyl (C=O) groups is 1. The number of hydrogen-bond donors (Lipinski definition) is 1. The van der Waals surface area contributed by atoms with Crippen LogP contribution in [0.1, 0.15) is 15.9 Å². The molecule has 5 nitrogen and oxygen atoms in total. The van der Waals surface area contributed by atoms with E-state index in [1.54, 1.807) is 30.3 Å². The van der Waals surface area contributed by atoms with Crippen LogP contribution < -0.4 is 4.72 Å². The fourth-order valence-electron chi connectivity index (χ4n) is 2.46. The van der Waals surface area contributed by atoms with Crippen molar-refractivity contribution >= 4 is 38.8 Å². The molecule has 0 amide bonds. The zero-order valence-electron chi connectivity index (χ0n) is 13.9. The Morgan fingerprint density at radius 1 is 0.963 bits per heavy atom. The van der Waals surface area contributed by atoms with Gasteiger partial charge in [0.1, 0.15) is 0 Å². The second kappa shape index (κ2) is 7.62. The van der Waals surface area contributed by atoms with Crippen LogP contribution in [0, 0.1) is 6.57 Å². The summed E-state index contributed by atoms with van der Waals surface area (Å²) in [6.45, 7) is 7.03. The number of carbonyl (C=O) groups excluding carboxylic acids is 1. The number of sulfonamides is 1. The molecule has 0 heterocycles. The second-order valence-electron chi connectivity index (χ2n) is 5.60. The lowest BCUT2D eigenvalue weighted by atomic mass is 10.0. The van der Waals surface area contributed by atoms with E-state index in [1.165, 1.54) is 42.5 Å². The van der Waals surface area contributed by atoms with Gasteiger partial charge in [0.25, 0.3) is 10.0 Å². The Labute approximate surface area is 162 Å². The molecule has 3 rings (SSSR count). The van der Waals surface area contributed by atoms with Gasteiger partial charge in [-0.2, -0.15) is 0 Å². The maximum absolute atomic E-state index is 12.8. The van der Waals surface area contributed by atoms with Gasteiger partial charge in [0.15, 0.2) is 11.5 Å². The molecule has 3 aromatic carbocycles. The van der Waals surface area contributed by atoms with E-state index in [0.29, 0.717) is 10.6 Å². The summed E-state index contributed by atoms with van der Waals surface area (Å²) in [7, 11) is -3.99. The number of benzene rings is 3. The fraction of sp³-hybridized carbons (Fsp3) is 0. The molecule has 134 valence electrons. The first kappa shape index (κ1) is 18.6. The highest BCUT2D eigenvalue weighted by Gasteiger charge is 2.20. The van der Waals surface area contributed by atoms with Gasteiger partial charge in [0, 0.05) is 16.1 Å². The van der Waals surface area contributed by atoms with Crippen LogP contribution in [-0.2, 0) is 10.0 Å². The standard InChI is InChI=1S/C20H13ClN2O3S/c1-22-16-8-5-9-17(13-16)27(25,26)23-19-11-10-15(21)12-18(19)20(24)14-6-3-2-4-7-14/h2-13,23H. The lowest BCUT2D eigenvalue weighted by Gasteiger charge is -2.13. The molecule has 0 aliphatic carbocycles. The van der Waals surface area contributed by atoms with E-state index in [4.69, 9.17) is 18.2 Å². The van der Waals surface area contributed by atoms with Crippen molar-refractivity contribution in [2.75, 3.05) is 4.72 Å². The summed E-state index contributed by atoms with van der Waals surface area (Å²) >= 11 is 6.01. The van der Waals surface area contributed by atoms with Gasteiger partial charge < -0.3 is 0 Å². The van der Waals surface area contributed by atoms with Crippen LogP contribution in [0.3, 0.4) is 0 Å². The van der Waals surface area contributed by atoms with Crippen LogP contribution in [0.15, 0.2) is 77.7 Å². The maximum atomic E-state index is 12.8. The molecule has 0 atom stereocenters. The number of rotatable bonds is 5. The molecule has 0 fully saturated rings. The summed E-state index contributed by atoms with van der Waals surface area (Å²) in [5, 5.41) is 0.312. The van der Waals surface area contributed by atoms with Gasteiger partial charge >= 0.3 is 0 Å². The van der Waals surface area contributed by atoms with Crippen LogP contribution in [0.2, 0.25) is 5.02 Å². The van der Waals surface area contributed by atoms with E-state index in [9.17, 15) is 13.2 Å². The number of anilines is 1. The number of hydrogen-bond acceptors (Lipinski definition) is 3. The molecule has 0 radical (unpaired) electrons. The lowest BCUT2D eigenvalue weighted by molar-refractivity contribution is 0.103. The highest BCUT2D eigenvalue weighted by atomic mass is 35.5. The Kier molecular flexibility index (Phi) is 5.26. The predicted molar refractivity (Wildman–Crippen MR) is 105 cm³/mol. The summed E-state index contributed by atoms with van der Waals surface area (Å²) in [5.41, 5.74) is 0.866. The fourth-order valence-corrected chi connectivity index (χ4v) is 3.75. The van der Waals surface area contributed by atoms with E-state index in [2.05, 4.69) is 9.57 Å². The number of halogens is 1. The third-order valence-electron chi connectivity index (χ3n) is 3.76. The predicted octanol–water partition coefficient (Wildman–Crippen LogP) is 4.92. The number of nitrogens with one attached hydrogen (secondary N) is 1. The van der Waals surface area contributed by atoms with Crippen molar-refractivity contribution in [1.82, 2.24) is 0 Å². The van der Waals surface area contributed by atoms with Gasteiger partial charge in [0.05, 0.1) is 17.2 Å². The molecule has 0 unspecified atom stereocenters. The zero-order valence-corrected chi connectivity index (χ0v) is 15.5. The Bertz CT molecular complexity index is 1150. The SMILES string of the molecule is [C-]#[N+]c1cccc(S(=O)(=O)Nc2ccc(Cl)cc2C(=O)c2ccccc2)c1. The van der Waals surface area contributed by atoms with Crippen molar-refractivity contribution in [3.05, 3.63) is 100 Å². The van der Waals surface area contributed by atoms with Crippen LogP contribution in [-0.4, -0.2) is 14.2 Å². The monoisotopic (exact) mass is 396 g/mol. The first-order chi connectivity index (χ1) is 12.9. The minimum Gasteiger partial charge on any atom is -0.289 e. The molecule has 3 aromatic rings. The van der Waals surface area contributed by atoms with Gasteiger partial charge in [-0.05, 0) is 30.3 Å². The molecule has 1 N–H and O–H groups in total. The second-order valence-corrected chi connectivity index (χ2v) is 7.72. The van der Waals surface area contributed by atoms with Crippen molar-refractivity contribution in [1.29, 1.82) is 0 Å². The molecule has 0 aliphatic heterocycles. The van der Waals surface area contributed by atoms with E-state index in [0.717, 1.165) is 0 Å². The van der Waals surface area contributed by atoms with Crippen LogP contribution >= 0.6 is 11.6 Å².